The SMILES string of the molecule is NCCNC(=O)c1csc(NC(=O)/C=C/c2ccccc2)n1. The second-order valence-electron chi connectivity index (χ2n) is 4.32. The van der Waals surface area contributed by atoms with Gasteiger partial charge in [0.2, 0.25) is 5.91 Å². The molecule has 0 aliphatic heterocycles. The molecular formula is C15H16N4O2S. The molecule has 2 amide bonds. The highest BCUT2D eigenvalue weighted by Gasteiger charge is 2.10. The van der Waals surface area contributed by atoms with E-state index in [9.17, 15) is 9.59 Å². The molecule has 0 radical (unpaired) electrons. The summed E-state index contributed by atoms with van der Waals surface area (Å²) in [6.45, 7) is 0.752. The zero-order valence-corrected chi connectivity index (χ0v) is 12.6. The molecule has 0 aliphatic carbocycles. The lowest BCUT2D eigenvalue weighted by molar-refractivity contribution is -0.111. The van der Waals surface area contributed by atoms with Gasteiger partial charge in [-0.25, -0.2) is 4.98 Å². The van der Waals surface area contributed by atoms with Crippen LogP contribution in [0.15, 0.2) is 41.8 Å². The van der Waals surface area contributed by atoms with E-state index in [1.165, 1.54) is 17.4 Å². The van der Waals surface area contributed by atoms with Crippen molar-refractivity contribution in [2.75, 3.05) is 18.4 Å². The van der Waals surface area contributed by atoms with E-state index >= 15 is 0 Å². The van der Waals surface area contributed by atoms with Gasteiger partial charge in [0.25, 0.3) is 5.91 Å². The second-order valence-corrected chi connectivity index (χ2v) is 5.17. The van der Waals surface area contributed by atoms with Gasteiger partial charge in [0.1, 0.15) is 5.69 Å². The molecule has 0 atom stereocenters. The molecule has 1 aromatic carbocycles. The molecule has 1 aromatic heterocycles. The molecule has 2 aromatic rings. The summed E-state index contributed by atoms with van der Waals surface area (Å²) >= 11 is 1.19. The maximum Gasteiger partial charge on any atom is 0.270 e. The number of nitrogens with two attached hydrogens (primary N) is 1. The van der Waals surface area contributed by atoms with E-state index in [0.717, 1.165) is 5.56 Å². The van der Waals surface area contributed by atoms with Gasteiger partial charge in [0.15, 0.2) is 5.13 Å². The van der Waals surface area contributed by atoms with Crippen molar-refractivity contribution < 1.29 is 9.59 Å². The smallest absolute Gasteiger partial charge is 0.270 e. The number of carbonyl (C=O) groups is 2. The van der Waals surface area contributed by atoms with Crippen molar-refractivity contribution >= 4 is 34.4 Å². The first-order valence-electron chi connectivity index (χ1n) is 6.67. The van der Waals surface area contributed by atoms with Gasteiger partial charge in [0.05, 0.1) is 0 Å². The molecule has 0 unspecified atom stereocenters. The Labute approximate surface area is 132 Å². The quantitative estimate of drug-likeness (QED) is 0.703. The minimum absolute atomic E-state index is 0.265. The van der Waals surface area contributed by atoms with E-state index in [-0.39, 0.29) is 17.5 Å². The molecule has 0 fully saturated rings. The molecule has 1 heterocycles. The lowest BCUT2D eigenvalue weighted by atomic mass is 10.2. The van der Waals surface area contributed by atoms with Crippen LogP contribution in [0.2, 0.25) is 0 Å². The molecule has 114 valence electrons. The first kappa shape index (κ1) is 15.9. The van der Waals surface area contributed by atoms with Crippen LogP contribution in [0, 0.1) is 0 Å². The summed E-state index contributed by atoms with van der Waals surface area (Å²) in [5.41, 5.74) is 6.50. The molecule has 6 nitrogen and oxygen atoms in total. The fourth-order valence-corrected chi connectivity index (χ4v) is 2.29. The van der Waals surface area contributed by atoms with Crippen molar-refractivity contribution in [3.05, 3.63) is 53.0 Å². The molecule has 0 bridgehead atoms. The van der Waals surface area contributed by atoms with Gasteiger partial charge in [-0.05, 0) is 11.6 Å². The molecule has 4 N–H and O–H groups in total. The van der Waals surface area contributed by atoms with Gasteiger partial charge in [-0.3, -0.25) is 14.9 Å². The number of carbonyl (C=O) groups excluding carboxylic acids is 2. The summed E-state index contributed by atoms with van der Waals surface area (Å²) in [6.07, 6.45) is 3.13. The van der Waals surface area contributed by atoms with Crippen LogP contribution in [0.4, 0.5) is 5.13 Å². The molecule has 0 saturated carbocycles. The minimum Gasteiger partial charge on any atom is -0.349 e. The predicted octanol–water partition coefficient (Wildman–Crippen LogP) is 1.48. The highest BCUT2D eigenvalue weighted by molar-refractivity contribution is 7.14. The van der Waals surface area contributed by atoms with E-state index in [0.29, 0.717) is 18.2 Å². The Bertz CT molecular complexity index is 667. The van der Waals surface area contributed by atoms with Crippen LogP contribution in [0.3, 0.4) is 0 Å². The molecule has 7 heteroatoms. The topological polar surface area (TPSA) is 97.1 Å². The maximum absolute atomic E-state index is 11.8. The number of benzene rings is 1. The Kier molecular flexibility index (Phi) is 5.81. The van der Waals surface area contributed by atoms with Crippen LogP contribution in [-0.2, 0) is 4.79 Å². The van der Waals surface area contributed by atoms with Crippen LogP contribution in [-0.4, -0.2) is 29.9 Å². The third-order valence-electron chi connectivity index (χ3n) is 2.62. The van der Waals surface area contributed by atoms with Crippen molar-refractivity contribution in [3.8, 4) is 0 Å². The summed E-state index contributed by atoms with van der Waals surface area (Å²) in [4.78, 5) is 27.5. The third-order valence-corrected chi connectivity index (χ3v) is 3.38. The number of nitrogens with zero attached hydrogens (tertiary/aromatic N) is 1. The fraction of sp³-hybridized carbons (Fsp3) is 0.133. The summed E-state index contributed by atoms with van der Waals surface area (Å²) in [5.74, 6) is -0.603. The van der Waals surface area contributed by atoms with Crippen molar-refractivity contribution in [1.82, 2.24) is 10.3 Å². The highest BCUT2D eigenvalue weighted by Crippen LogP contribution is 2.15. The molecule has 0 aliphatic rings. The van der Waals surface area contributed by atoms with E-state index in [1.54, 1.807) is 11.5 Å². The van der Waals surface area contributed by atoms with E-state index in [4.69, 9.17) is 5.73 Å². The molecule has 2 rings (SSSR count). The summed E-state index contributed by atoms with van der Waals surface area (Å²) in [5, 5.41) is 7.20. The average molecular weight is 316 g/mol. The number of anilines is 1. The van der Waals surface area contributed by atoms with E-state index in [2.05, 4.69) is 15.6 Å². The lowest BCUT2D eigenvalue weighted by Gasteiger charge is -1.99. The Hall–Kier alpha value is -2.51. The highest BCUT2D eigenvalue weighted by atomic mass is 32.1. The van der Waals surface area contributed by atoms with E-state index in [1.807, 2.05) is 30.3 Å². The normalized spacial score (nSPS) is 10.6. The van der Waals surface area contributed by atoms with Crippen molar-refractivity contribution in [2.24, 2.45) is 5.73 Å². The first-order chi connectivity index (χ1) is 10.7. The number of rotatable bonds is 6. The number of aromatic nitrogens is 1. The van der Waals surface area contributed by atoms with Crippen molar-refractivity contribution in [3.63, 3.8) is 0 Å². The second kappa shape index (κ2) is 8.06. The van der Waals surface area contributed by atoms with Gasteiger partial charge < -0.3 is 11.1 Å². The number of hydrogen-bond acceptors (Lipinski definition) is 5. The van der Waals surface area contributed by atoms with Gasteiger partial charge in [-0.1, -0.05) is 30.3 Å². The molecule has 0 saturated heterocycles. The Morgan fingerprint density at radius 1 is 1.27 bits per heavy atom. The lowest BCUT2D eigenvalue weighted by Crippen LogP contribution is -2.29. The number of thiazole rings is 1. The van der Waals surface area contributed by atoms with E-state index < -0.39 is 0 Å². The molecule has 22 heavy (non-hydrogen) atoms. The van der Waals surface area contributed by atoms with Gasteiger partial charge >= 0.3 is 0 Å². The third kappa shape index (κ3) is 4.80. The Morgan fingerprint density at radius 2 is 2.05 bits per heavy atom. The summed E-state index contributed by atoms with van der Waals surface area (Å²) in [6, 6.07) is 9.49. The Morgan fingerprint density at radius 3 is 2.77 bits per heavy atom. The number of hydrogen-bond donors (Lipinski definition) is 3. The Balaban J connectivity index is 1.91. The van der Waals surface area contributed by atoms with Gasteiger partial charge in [0, 0.05) is 24.5 Å². The van der Waals surface area contributed by atoms with Gasteiger partial charge in [-0.2, -0.15) is 0 Å². The van der Waals surface area contributed by atoms with Crippen molar-refractivity contribution in [1.29, 1.82) is 0 Å². The maximum atomic E-state index is 11.8. The van der Waals surface area contributed by atoms with Crippen LogP contribution in [0.5, 0.6) is 0 Å². The standard InChI is InChI=1S/C15H16N4O2S/c16-8-9-17-14(21)12-10-22-15(18-12)19-13(20)7-6-11-4-2-1-3-5-11/h1-7,10H,8-9,16H2,(H,17,21)(H,18,19,20)/b7-6+. The first-order valence-corrected chi connectivity index (χ1v) is 7.55. The fourth-order valence-electron chi connectivity index (χ4n) is 1.59. The molecule has 0 spiro atoms. The van der Waals surface area contributed by atoms with Crippen molar-refractivity contribution in [2.45, 2.75) is 0 Å². The van der Waals surface area contributed by atoms with Gasteiger partial charge in [-0.15, -0.1) is 11.3 Å². The summed E-state index contributed by atoms with van der Waals surface area (Å²) < 4.78 is 0. The van der Waals surface area contributed by atoms with Crippen LogP contribution in [0.25, 0.3) is 6.08 Å². The minimum atomic E-state index is -0.304. The van der Waals surface area contributed by atoms with Crippen LogP contribution in [0.1, 0.15) is 16.1 Å². The number of amides is 2. The monoisotopic (exact) mass is 316 g/mol. The largest absolute Gasteiger partial charge is 0.349 e. The number of nitrogens with one attached hydrogen (secondary N) is 2. The predicted molar refractivity (Wildman–Crippen MR) is 87.6 cm³/mol. The van der Waals surface area contributed by atoms with Crippen LogP contribution >= 0.6 is 11.3 Å². The average Bonchev–Trinajstić information content (AvgIpc) is 3.00. The molecular weight excluding hydrogens is 300 g/mol. The summed E-state index contributed by atoms with van der Waals surface area (Å²) in [7, 11) is 0. The van der Waals surface area contributed by atoms with Crippen LogP contribution < -0.4 is 16.4 Å². The zero-order chi connectivity index (χ0) is 15.8. The zero-order valence-electron chi connectivity index (χ0n) is 11.8.